The fraction of sp³-hybridized carbons (Fsp3) is 0.258. The average Bonchev–Trinajstić information content (AvgIpc) is 3.63. The van der Waals surface area contributed by atoms with Gasteiger partial charge in [0, 0.05) is 74.7 Å². The van der Waals surface area contributed by atoms with Crippen LogP contribution >= 0.6 is 0 Å². The summed E-state index contributed by atoms with van der Waals surface area (Å²) in [5, 5.41) is 8.10. The maximum Gasteiger partial charge on any atom is 0.229 e. The number of ether oxygens (including phenoxy) is 1. The van der Waals surface area contributed by atoms with Crippen LogP contribution < -0.4 is 15.4 Å². The Balaban J connectivity index is 1.27. The van der Waals surface area contributed by atoms with Crippen molar-refractivity contribution >= 4 is 16.8 Å². The summed E-state index contributed by atoms with van der Waals surface area (Å²) in [6.07, 6.45) is 5.90. The SMILES string of the molecule is c1ccc(-c2c(-c3ccc(OCCn4cccc4)cc3)oc3nccc(NCCN4CCNCC4)c23)cc1. The van der Waals surface area contributed by atoms with E-state index in [4.69, 9.17) is 9.15 Å². The molecule has 0 radical (unpaired) electrons. The minimum atomic E-state index is 0.612. The second-order valence-corrected chi connectivity index (χ2v) is 9.52. The molecule has 0 bridgehead atoms. The van der Waals surface area contributed by atoms with Crippen molar-refractivity contribution in [2.24, 2.45) is 0 Å². The third-order valence-electron chi connectivity index (χ3n) is 7.01. The number of nitrogens with zero attached hydrogens (tertiary/aromatic N) is 3. The molecule has 0 aliphatic carbocycles. The monoisotopic (exact) mass is 507 g/mol. The van der Waals surface area contributed by atoms with Gasteiger partial charge in [-0.2, -0.15) is 0 Å². The Morgan fingerprint density at radius 2 is 1.66 bits per heavy atom. The van der Waals surface area contributed by atoms with E-state index in [1.54, 1.807) is 0 Å². The molecule has 194 valence electrons. The van der Waals surface area contributed by atoms with Crippen LogP contribution in [0.25, 0.3) is 33.6 Å². The molecule has 0 spiro atoms. The minimum Gasteiger partial charge on any atom is -0.492 e. The molecule has 2 N–H and O–H groups in total. The van der Waals surface area contributed by atoms with Crippen molar-refractivity contribution in [3.05, 3.63) is 91.4 Å². The standard InChI is InChI=1S/C31H33N5O2/c1-2-6-24(7-3-1)28-29-27(33-16-21-36-19-14-32-15-20-36)12-13-34-31(29)38-30(28)25-8-10-26(11-9-25)37-23-22-35-17-4-5-18-35/h1-13,17-18,32H,14-16,19-23H2,(H,33,34). The van der Waals surface area contributed by atoms with Gasteiger partial charge in [0.25, 0.3) is 0 Å². The molecule has 0 saturated carbocycles. The number of hydrogen-bond acceptors (Lipinski definition) is 6. The highest BCUT2D eigenvalue weighted by molar-refractivity contribution is 6.06. The largest absolute Gasteiger partial charge is 0.492 e. The number of furan rings is 1. The number of pyridine rings is 1. The van der Waals surface area contributed by atoms with Gasteiger partial charge in [0.05, 0.1) is 11.9 Å². The lowest BCUT2D eigenvalue weighted by molar-refractivity contribution is 0.249. The van der Waals surface area contributed by atoms with E-state index in [2.05, 4.69) is 61.5 Å². The third-order valence-corrected chi connectivity index (χ3v) is 7.01. The van der Waals surface area contributed by atoms with Crippen LogP contribution in [0.1, 0.15) is 0 Å². The van der Waals surface area contributed by atoms with Crippen LogP contribution in [-0.4, -0.2) is 60.3 Å². The molecule has 38 heavy (non-hydrogen) atoms. The number of rotatable bonds is 10. The summed E-state index contributed by atoms with van der Waals surface area (Å²) in [6.45, 7) is 7.58. The number of piperazine rings is 1. The lowest BCUT2D eigenvalue weighted by Gasteiger charge is -2.27. The first kappa shape index (κ1) is 24.3. The van der Waals surface area contributed by atoms with Crippen LogP contribution in [0.2, 0.25) is 0 Å². The molecular weight excluding hydrogens is 474 g/mol. The van der Waals surface area contributed by atoms with Crippen LogP contribution in [0, 0.1) is 0 Å². The Morgan fingerprint density at radius 1 is 0.868 bits per heavy atom. The number of nitrogens with one attached hydrogen (secondary N) is 2. The zero-order valence-electron chi connectivity index (χ0n) is 21.5. The zero-order chi connectivity index (χ0) is 25.6. The van der Waals surface area contributed by atoms with Crippen molar-refractivity contribution in [1.82, 2.24) is 19.8 Å². The van der Waals surface area contributed by atoms with Crippen molar-refractivity contribution in [3.8, 4) is 28.2 Å². The van der Waals surface area contributed by atoms with Crippen LogP contribution in [0.5, 0.6) is 5.75 Å². The van der Waals surface area contributed by atoms with E-state index in [9.17, 15) is 0 Å². The number of anilines is 1. The van der Waals surface area contributed by atoms with Crippen molar-refractivity contribution < 1.29 is 9.15 Å². The zero-order valence-corrected chi connectivity index (χ0v) is 21.5. The third kappa shape index (κ3) is 5.44. The second-order valence-electron chi connectivity index (χ2n) is 9.52. The van der Waals surface area contributed by atoms with Crippen molar-refractivity contribution in [3.63, 3.8) is 0 Å². The van der Waals surface area contributed by atoms with Crippen molar-refractivity contribution in [2.45, 2.75) is 6.54 Å². The van der Waals surface area contributed by atoms with Gasteiger partial charge in [0.15, 0.2) is 0 Å². The molecule has 3 aromatic heterocycles. The molecule has 1 fully saturated rings. The van der Waals surface area contributed by atoms with Gasteiger partial charge in [0.2, 0.25) is 5.71 Å². The van der Waals surface area contributed by atoms with E-state index >= 15 is 0 Å². The predicted octanol–water partition coefficient (Wildman–Crippen LogP) is 5.36. The lowest BCUT2D eigenvalue weighted by Crippen LogP contribution is -2.45. The number of benzene rings is 2. The average molecular weight is 508 g/mol. The summed E-state index contributed by atoms with van der Waals surface area (Å²) in [5.41, 5.74) is 4.83. The van der Waals surface area contributed by atoms with Crippen LogP contribution in [0.15, 0.2) is 95.8 Å². The Bertz CT molecular complexity index is 1440. The Morgan fingerprint density at radius 3 is 2.45 bits per heavy atom. The van der Waals surface area contributed by atoms with Gasteiger partial charge < -0.3 is 24.4 Å². The van der Waals surface area contributed by atoms with Gasteiger partial charge in [-0.05, 0) is 48.0 Å². The Labute approximate surface area is 223 Å². The van der Waals surface area contributed by atoms with E-state index in [0.717, 1.165) is 85.1 Å². The topological polar surface area (TPSA) is 67.5 Å². The van der Waals surface area contributed by atoms with Crippen LogP contribution in [0.3, 0.4) is 0 Å². The first-order chi connectivity index (χ1) is 18.8. The second kappa shape index (κ2) is 11.5. The van der Waals surface area contributed by atoms with Gasteiger partial charge in [0.1, 0.15) is 18.1 Å². The van der Waals surface area contributed by atoms with Gasteiger partial charge in [-0.1, -0.05) is 30.3 Å². The quantitative estimate of drug-likeness (QED) is 0.265. The summed E-state index contributed by atoms with van der Waals surface area (Å²) in [4.78, 5) is 7.09. The molecular formula is C31H33N5O2. The number of fused-ring (bicyclic) bond motifs is 1. The fourth-order valence-electron chi connectivity index (χ4n) is 5.03. The van der Waals surface area contributed by atoms with Crippen molar-refractivity contribution in [1.29, 1.82) is 0 Å². The normalized spacial score (nSPS) is 14.1. The van der Waals surface area contributed by atoms with Gasteiger partial charge in [-0.3, -0.25) is 4.90 Å². The highest BCUT2D eigenvalue weighted by Crippen LogP contribution is 2.43. The molecule has 2 aromatic carbocycles. The van der Waals surface area contributed by atoms with Gasteiger partial charge in [-0.15, -0.1) is 0 Å². The van der Waals surface area contributed by atoms with E-state index in [-0.39, 0.29) is 0 Å². The molecule has 7 nitrogen and oxygen atoms in total. The molecule has 4 heterocycles. The summed E-state index contributed by atoms with van der Waals surface area (Å²) in [7, 11) is 0. The first-order valence-electron chi connectivity index (χ1n) is 13.3. The lowest BCUT2D eigenvalue weighted by atomic mass is 9.98. The molecule has 0 amide bonds. The van der Waals surface area contributed by atoms with Crippen molar-refractivity contribution in [2.75, 3.05) is 51.2 Å². The van der Waals surface area contributed by atoms with Crippen LogP contribution in [-0.2, 0) is 6.54 Å². The predicted molar refractivity (Wildman–Crippen MR) is 153 cm³/mol. The number of hydrogen-bond donors (Lipinski definition) is 2. The van der Waals surface area contributed by atoms with E-state index in [1.807, 2.05) is 55.0 Å². The molecule has 0 atom stereocenters. The maximum absolute atomic E-state index is 6.43. The highest BCUT2D eigenvalue weighted by atomic mass is 16.5. The fourth-order valence-corrected chi connectivity index (χ4v) is 5.03. The maximum atomic E-state index is 6.43. The molecule has 7 heteroatoms. The molecule has 1 aliphatic heterocycles. The summed E-state index contributed by atoms with van der Waals surface area (Å²) in [5.74, 6) is 1.65. The van der Waals surface area contributed by atoms with E-state index in [0.29, 0.717) is 12.3 Å². The minimum absolute atomic E-state index is 0.612. The molecule has 1 aliphatic rings. The molecule has 6 rings (SSSR count). The Kier molecular flexibility index (Phi) is 7.37. The Hall–Kier alpha value is -4.07. The summed E-state index contributed by atoms with van der Waals surface area (Å²) in [6, 6.07) is 24.7. The molecule has 0 unspecified atom stereocenters. The highest BCUT2D eigenvalue weighted by Gasteiger charge is 2.21. The van der Waals surface area contributed by atoms with Gasteiger partial charge >= 0.3 is 0 Å². The first-order valence-corrected chi connectivity index (χ1v) is 13.3. The summed E-state index contributed by atoms with van der Waals surface area (Å²) >= 11 is 0. The smallest absolute Gasteiger partial charge is 0.229 e. The van der Waals surface area contributed by atoms with Gasteiger partial charge in [-0.25, -0.2) is 4.98 Å². The summed E-state index contributed by atoms with van der Waals surface area (Å²) < 4.78 is 14.5. The van der Waals surface area contributed by atoms with E-state index < -0.39 is 0 Å². The number of aromatic nitrogens is 2. The molecule has 1 saturated heterocycles. The van der Waals surface area contributed by atoms with E-state index in [1.165, 1.54) is 0 Å². The van der Waals surface area contributed by atoms with Crippen LogP contribution in [0.4, 0.5) is 5.69 Å². The molecule has 5 aromatic rings.